The van der Waals surface area contributed by atoms with Gasteiger partial charge in [0.2, 0.25) is 0 Å². The third kappa shape index (κ3) is 3.94. The maximum absolute atomic E-state index is 11.3. The topological polar surface area (TPSA) is 39.2 Å². The molecule has 1 atom stereocenters. The number of carbonyl (C=O) groups excluding carboxylic acids is 1. The highest BCUT2D eigenvalue weighted by molar-refractivity contribution is 8.01. The van der Waals surface area contributed by atoms with Gasteiger partial charge in [0.15, 0.2) is 4.34 Å². The van der Waals surface area contributed by atoms with Crippen LogP contribution in [0.1, 0.15) is 19.8 Å². The standard InChI is InChI=1S/C14H17NO2S2/c1-10(13(16)17-2)6-5-9-18-14-15-11-7-3-4-8-12(11)19-14/h3-4,7-8,10H,5-6,9H2,1-2H3. The molecule has 19 heavy (non-hydrogen) atoms. The molecule has 0 aliphatic heterocycles. The van der Waals surface area contributed by atoms with Crippen LogP contribution in [0.2, 0.25) is 0 Å². The van der Waals surface area contributed by atoms with Gasteiger partial charge in [0, 0.05) is 5.75 Å². The quantitative estimate of drug-likeness (QED) is 0.459. The Morgan fingerprint density at radius 3 is 3.00 bits per heavy atom. The summed E-state index contributed by atoms with van der Waals surface area (Å²) in [5, 5.41) is 0. The second-order valence-electron chi connectivity index (χ2n) is 4.36. The van der Waals surface area contributed by atoms with Gasteiger partial charge in [0.05, 0.1) is 23.2 Å². The Morgan fingerprint density at radius 1 is 1.47 bits per heavy atom. The van der Waals surface area contributed by atoms with E-state index in [1.165, 1.54) is 11.8 Å². The zero-order valence-corrected chi connectivity index (χ0v) is 12.7. The molecule has 1 unspecified atom stereocenters. The summed E-state index contributed by atoms with van der Waals surface area (Å²) in [6.45, 7) is 1.91. The minimum absolute atomic E-state index is 0.0130. The van der Waals surface area contributed by atoms with Gasteiger partial charge in [-0.2, -0.15) is 0 Å². The molecule has 2 aromatic rings. The first-order valence-electron chi connectivity index (χ1n) is 6.27. The van der Waals surface area contributed by atoms with Gasteiger partial charge in [-0.25, -0.2) is 4.98 Å². The minimum Gasteiger partial charge on any atom is -0.469 e. The van der Waals surface area contributed by atoms with Crippen LogP contribution in [0, 0.1) is 5.92 Å². The fourth-order valence-electron chi connectivity index (χ4n) is 1.78. The Kier molecular flexibility index (Phi) is 5.22. The lowest BCUT2D eigenvalue weighted by molar-refractivity contribution is -0.145. The van der Waals surface area contributed by atoms with Crippen molar-refractivity contribution < 1.29 is 9.53 Å². The molecule has 0 amide bonds. The summed E-state index contributed by atoms with van der Waals surface area (Å²) in [5.41, 5.74) is 1.07. The molecule has 3 nitrogen and oxygen atoms in total. The fraction of sp³-hybridized carbons (Fsp3) is 0.429. The summed E-state index contributed by atoms with van der Waals surface area (Å²) in [4.78, 5) is 15.8. The van der Waals surface area contributed by atoms with Gasteiger partial charge in [-0.05, 0) is 25.0 Å². The Hall–Kier alpha value is -1.07. The van der Waals surface area contributed by atoms with Crippen molar-refractivity contribution in [3.05, 3.63) is 24.3 Å². The van der Waals surface area contributed by atoms with Crippen molar-refractivity contribution in [2.45, 2.75) is 24.1 Å². The van der Waals surface area contributed by atoms with Crippen molar-refractivity contribution in [1.82, 2.24) is 4.98 Å². The molecule has 0 spiro atoms. The molecule has 0 fully saturated rings. The summed E-state index contributed by atoms with van der Waals surface area (Å²) in [5.74, 6) is 0.854. The van der Waals surface area contributed by atoms with E-state index < -0.39 is 0 Å². The van der Waals surface area contributed by atoms with E-state index in [1.807, 2.05) is 25.1 Å². The van der Waals surface area contributed by atoms with Crippen LogP contribution in [0.3, 0.4) is 0 Å². The van der Waals surface area contributed by atoms with E-state index in [2.05, 4.69) is 11.1 Å². The van der Waals surface area contributed by atoms with Crippen molar-refractivity contribution in [3.8, 4) is 0 Å². The average molecular weight is 295 g/mol. The summed E-state index contributed by atoms with van der Waals surface area (Å²) >= 11 is 3.49. The predicted octanol–water partition coefficient (Wildman–Crippen LogP) is 3.98. The molecular weight excluding hydrogens is 278 g/mol. The number of hydrogen-bond donors (Lipinski definition) is 0. The van der Waals surface area contributed by atoms with E-state index in [9.17, 15) is 4.79 Å². The number of hydrogen-bond acceptors (Lipinski definition) is 5. The van der Waals surface area contributed by atoms with Gasteiger partial charge in [-0.1, -0.05) is 30.8 Å². The van der Waals surface area contributed by atoms with E-state index in [-0.39, 0.29) is 11.9 Å². The molecule has 1 heterocycles. The number of aromatic nitrogens is 1. The first-order chi connectivity index (χ1) is 9.20. The second kappa shape index (κ2) is 6.91. The van der Waals surface area contributed by atoms with Crippen LogP contribution in [0.4, 0.5) is 0 Å². The number of carbonyl (C=O) groups is 1. The van der Waals surface area contributed by atoms with E-state index in [0.717, 1.165) is 28.5 Å². The van der Waals surface area contributed by atoms with Crippen LogP contribution < -0.4 is 0 Å². The van der Waals surface area contributed by atoms with Crippen molar-refractivity contribution in [1.29, 1.82) is 0 Å². The first-order valence-corrected chi connectivity index (χ1v) is 8.07. The van der Waals surface area contributed by atoms with Gasteiger partial charge >= 0.3 is 5.97 Å². The molecule has 0 radical (unpaired) electrons. The predicted molar refractivity (Wildman–Crippen MR) is 80.8 cm³/mol. The van der Waals surface area contributed by atoms with E-state index in [0.29, 0.717) is 0 Å². The smallest absolute Gasteiger partial charge is 0.308 e. The number of fused-ring (bicyclic) bond motifs is 1. The van der Waals surface area contributed by atoms with Crippen LogP contribution in [0.25, 0.3) is 10.2 Å². The van der Waals surface area contributed by atoms with E-state index >= 15 is 0 Å². The molecule has 2 rings (SSSR count). The summed E-state index contributed by atoms with van der Waals surface area (Å²) < 4.78 is 7.04. The lowest BCUT2D eigenvalue weighted by Gasteiger charge is -2.07. The molecule has 5 heteroatoms. The van der Waals surface area contributed by atoms with Crippen molar-refractivity contribution in [2.24, 2.45) is 5.92 Å². The molecule has 1 aromatic carbocycles. The summed E-state index contributed by atoms with van der Waals surface area (Å²) in [6, 6.07) is 8.17. The first kappa shape index (κ1) is 14.3. The molecule has 0 saturated heterocycles. The SMILES string of the molecule is COC(=O)C(C)CCCSc1nc2ccccc2s1. The van der Waals surface area contributed by atoms with E-state index in [4.69, 9.17) is 4.74 Å². The number of thioether (sulfide) groups is 1. The molecule has 0 aliphatic carbocycles. The third-order valence-electron chi connectivity index (χ3n) is 2.88. The lowest BCUT2D eigenvalue weighted by Crippen LogP contribution is -2.12. The maximum Gasteiger partial charge on any atom is 0.308 e. The lowest BCUT2D eigenvalue weighted by atomic mass is 10.1. The molecule has 0 aliphatic rings. The van der Waals surface area contributed by atoms with Crippen LogP contribution in [0.5, 0.6) is 0 Å². The number of para-hydroxylation sites is 1. The number of esters is 1. The highest BCUT2D eigenvalue weighted by atomic mass is 32.2. The number of benzene rings is 1. The summed E-state index contributed by atoms with van der Waals surface area (Å²) in [6.07, 6.45) is 1.86. The van der Waals surface area contributed by atoms with Crippen molar-refractivity contribution >= 4 is 39.3 Å². The highest BCUT2D eigenvalue weighted by Gasteiger charge is 2.12. The summed E-state index contributed by atoms with van der Waals surface area (Å²) in [7, 11) is 1.44. The Morgan fingerprint density at radius 2 is 2.26 bits per heavy atom. The number of nitrogens with zero attached hydrogens (tertiary/aromatic N) is 1. The number of thiazole rings is 1. The van der Waals surface area contributed by atoms with Gasteiger partial charge in [-0.15, -0.1) is 11.3 Å². The molecule has 0 saturated carbocycles. The number of methoxy groups -OCH3 is 1. The van der Waals surface area contributed by atoms with Crippen LogP contribution in [0.15, 0.2) is 28.6 Å². The number of ether oxygens (including phenoxy) is 1. The van der Waals surface area contributed by atoms with Crippen molar-refractivity contribution in [3.63, 3.8) is 0 Å². The zero-order valence-electron chi connectivity index (χ0n) is 11.1. The minimum atomic E-state index is -0.120. The molecule has 0 N–H and O–H groups in total. The monoisotopic (exact) mass is 295 g/mol. The number of rotatable bonds is 6. The molecular formula is C14H17NO2S2. The van der Waals surface area contributed by atoms with Crippen LogP contribution in [-0.4, -0.2) is 23.8 Å². The fourth-order valence-corrected chi connectivity index (χ4v) is 3.88. The maximum atomic E-state index is 11.3. The Bertz CT molecular complexity index is 520. The van der Waals surface area contributed by atoms with Gasteiger partial charge < -0.3 is 4.74 Å². The van der Waals surface area contributed by atoms with Crippen molar-refractivity contribution in [2.75, 3.05) is 12.9 Å². The average Bonchev–Trinajstić information content (AvgIpc) is 2.85. The molecule has 102 valence electrons. The third-order valence-corrected chi connectivity index (χ3v) is 5.15. The largest absolute Gasteiger partial charge is 0.469 e. The van der Waals surface area contributed by atoms with E-state index in [1.54, 1.807) is 23.1 Å². The Balaban J connectivity index is 1.78. The zero-order chi connectivity index (χ0) is 13.7. The molecule has 1 aromatic heterocycles. The van der Waals surface area contributed by atoms with Crippen LogP contribution in [-0.2, 0) is 9.53 Å². The van der Waals surface area contributed by atoms with Crippen LogP contribution >= 0.6 is 23.1 Å². The highest BCUT2D eigenvalue weighted by Crippen LogP contribution is 2.30. The normalized spacial score (nSPS) is 12.5. The molecule has 0 bridgehead atoms. The second-order valence-corrected chi connectivity index (χ2v) is 6.74. The van der Waals surface area contributed by atoms with Gasteiger partial charge in [0.25, 0.3) is 0 Å². The van der Waals surface area contributed by atoms with Gasteiger partial charge in [0.1, 0.15) is 0 Å². The Labute approximate surface area is 121 Å². The van der Waals surface area contributed by atoms with Gasteiger partial charge in [-0.3, -0.25) is 4.79 Å².